The Morgan fingerprint density at radius 2 is 1.94 bits per heavy atom. The van der Waals surface area contributed by atoms with Gasteiger partial charge in [0.2, 0.25) is 0 Å². The third kappa shape index (κ3) is 3.56. The van der Waals surface area contributed by atoms with Gasteiger partial charge in [0.25, 0.3) is 0 Å². The van der Waals surface area contributed by atoms with Crippen LogP contribution in [0.5, 0.6) is 5.75 Å². The standard InChI is InChI=1S/C14H14BrNO/c1-11-3-2-9-16-14(11)8-10-17-13-6-4-12(15)5-7-13/h2-7,9H,8,10H2,1H3. The monoisotopic (exact) mass is 291 g/mol. The minimum Gasteiger partial charge on any atom is -0.493 e. The van der Waals surface area contributed by atoms with Crippen LogP contribution in [0.3, 0.4) is 0 Å². The number of ether oxygens (including phenoxy) is 1. The van der Waals surface area contributed by atoms with Gasteiger partial charge in [-0.05, 0) is 42.8 Å². The summed E-state index contributed by atoms with van der Waals surface area (Å²) in [6.07, 6.45) is 2.66. The van der Waals surface area contributed by atoms with E-state index in [1.54, 1.807) is 0 Å². The molecule has 0 bridgehead atoms. The molecule has 0 fully saturated rings. The number of aryl methyl sites for hydroxylation is 1. The van der Waals surface area contributed by atoms with Crippen LogP contribution in [0.15, 0.2) is 47.1 Å². The highest BCUT2D eigenvalue weighted by atomic mass is 79.9. The zero-order chi connectivity index (χ0) is 12.1. The van der Waals surface area contributed by atoms with Gasteiger partial charge in [-0.2, -0.15) is 0 Å². The van der Waals surface area contributed by atoms with E-state index in [4.69, 9.17) is 4.74 Å². The fraction of sp³-hybridized carbons (Fsp3) is 0.214. The van der Waals surface area contributed by atoms with Crippen molar-refractivity contribution in [3.8, 4) is 5.75 Å². The topological polar surface area (TPSA) is 22.1 Å². The van der Waals surface area contributed by atoms with E-state index in [1.165, 1.54) is 5.56 Å². The lowest BCUT2D eigenvalue weighted by Gasteiger charge is -2.07. The predicted octanol–water partition coefficient (Wildman–Crippen LogP) is 3.77. The largest absolute Gasteiger partial charge is 0.493 e. The molecule has 0 unspecified atom stereocenters. The molecular formula is C14H14BrNO. The number of pyridine rings is 1. The Kier molecular flexibility index (Phi) is 4.15. The molecule has 2 nitrogen and oxygen atoms in total. The maximum atomic E-state index is 5.66. The molecule has 88 valence electrons. The first-order chi connectivity index (χ1) is 8.25. The number of aromatic nitrogens is 1. The molecule has 0 aliphatic heterocycles. The molecule has 0 saturated carbocycles. The number of hydrogen-bond acceptors (Lipinski definition) is 2. The zero-order valence-electron chi connectivity index (χ0n) is 9.69. The number of halogens is 1. The second-order valence-corrected chi connectivity index (χ2v) is 4.74. The third-order valence-electron chi connectivity index (χ3n) is 2.54. The van der Waals surface area contributed by atoms with Crippen LogP contribution in [0.25, 0.3) is 0 Å². The van der Waals surface area contributed by atoms with Crippen molar-refractivity contribution in [2.75, 3.05) is 6.61 Å². The summed E-state index contributed by atoms with van der Waals surface area (Å²) in [7, 11) is 0. The van der Waals surface area contributed by atoms with Crippen molar-refractivity contribution in [2.24, 2.45) is 0 Å². The number of nitrogens with zero attached hydrogens (tertiary/aromatic N) is 1. The van der Waals surface area contributed by atoms with Crippen LogP contribution in [0, 0.1) is 6.92 Å². The average Bonchev–Trinajstić information content (AvgIpc) is 2.34. The second-order valence-electron chi connectivity index (χ2n) is 3.82. The normalized spacial score (nSPS) is 10.2. The molecule has 0 aliphatic rings. The summed E-state index contributed by atoms with van der Waals surface area (Å²) in [5.41, 5.74) is 2.32. The van der Waals surface area contributed by atoms with Gasteiger partial charge in [0, 0.05) is 22.8 Å². The quantitative estimate of drug-likeness (QED) is 0.855. The molecule has 0 amide bonds. The summed E-state index contributed by atoms with van der Waals surface area (Å²) >= 11 is 3.39. The van der Waals surface area contributed by atoms with Gasteiger partial charge >= 0.3 is 0 Å². The maximum Gasteiger partial charge on any atom is 0.119 e. The first kappa shape index (κ1) is 12.1. The minimum absolute atomic E-state index is 0.652. The highest BCUT2D eigenvalue weighted by Crippen LogP contribution is 2.16. The first-order valence-electron chi connectivity index (χ1n) is 5.54. The van der Waals surface area contributed by atoms with E-state index >= 15 is 0 Å². The predicted molar refractivity (Wildman–Crippen MR) is 72.3 cm³/mol. The van der Waals surface area contributed by atoms with Crippen LogP contribution < -0.4 is 4.74 Å². The summed E-state index contributed by atoms with van der Waals surface area (Å²) in [6, 6.07) is 11.9. The molecule has 0 atom stereocenters. The fourth-order valence-corrected chi connectivity index (χ4v) is 1.84. The van der Waals surface area contributed by atoms with Crippen LogP contribution in [0.1, 0.15) is 11.3 Å². The fourth-order valence-electron chi connectivity index (χ4n) is 1.58. The van der Waals surface area contributed by atoms with Crippen molar-refractivity contribution < 1.29 is 4.74 Å². The Morgan fingerprint density at radius 1 is 1.18 bits per heavy atom. The lowest BCUT2D eigenvalue weighted by molar-refractivity contribution is 0.320. The minimum atomic E-state index is 0.652. The van der Waals surface area contributed by atoms with Gasteiger partial charge in [-0.15, -0.1) is 0 Å². The van der Waals surface area contributed by atoms with Gasteiger partial charge in [-0.25, -0.2) is 0 Å². The van der Waals surface area contributed by atoms with E-state index in [9.17, 15) is 0 Å². The van der Waals surface area contributed by atoms with Crippen molar-refractivity contribution in [1.29, 1.82) is 0 Å². The molecule has 0 N–H and O–H groups in total. The Balaban J connectivity index is 1.88. The van der Waals surface area contributed by atoms with Gasteiger partial charge < -0.3 is 4.74 Å². The smallest absolute Gasteiger partial charge is 0.119 e. The molecule has 2 rings (SSSR count). The summed E-state index contributed by atoms with van der Waals surface area (Å²) in [5.74, 6) is 0.891. The molecule has 0 saturated heterocycles. The number of hydrogen-bond donors (Lipinski definition) is 0. The van der Waals surface area contributed by atoms with Crippen molar-refractivity contribution >= 4 is 15.9 Å². The first-order valence-corrected chi connectivity index (χ1v) is 6.34. The zero-order valence-corrected chi connectivity index (χ0v) is 11.3. The van der Waals surface area contributed by atoms with Gasteiger partial charge in [0.1, 0.15) is 5.75 Å². The van der Waals surface area contributed by atoms with Crippen LogP contribution in [-0.4, -0.2) is 11.6 Å². The van der Waals surface area contributed by atoms with Gasteiger partial charge in [-0.1, -0.05) is 22.0 Å². The van der Waals surface area contributed by atoms with Gasteiger partial charge in [0.15, 0.2) is 0 Å². The van der Waals surface area contributed by atoms with E-state index in [1.807, 2.05) is 36.5 Å². The summed E-state index contributed by atoms with van der Waals surface area (Å²) < 4.78 is 6.72. The molecule has 0 aliphatic carbocycles. The van der Waals surface area contributed by atoms with Crippen molar-refractivity contribution in [3.05, 3.63) is 58.3 Å². The van der Waals surface area contributed by atoms with Crippen LogP contribution >= 0.6 is 15.9 Å². The number of rotatable bonds is 4. The van der Waals surface area contributed by atoms with E-state index in [0.29, 0.717) is 6.61 Å². The molecule has 3 heteroatoms. The summed E-state index contributed by atoms with van der Waals surface area (Å²) in [4.78, 5) is 4.34. The molecule has 0 radical (unpaired) electrons. The second kappa shape index (κ2) is 5.82. The number of benzene rings is 1. The van der Waals surface area contributed by atoms with Crippen LogP contribution in [-0.2, 0) is 6.42 Å². The van der Waals surface area contributed by atoms with Gasteiger partial charge in [-0.3, -0.25) is 4.98 Å². The Morgan fingerprint density at radius 3 is 2.65 bits per heavy atom. The molecule has 17 heavy (non-hydrogen) atoms. The van der Waals surface area contributed by atoms with Crippen LogP contribution in [0.2, 0.25) is 0 Å². The Labute approximate surface area is 110 Å². The molecule has 1 aromatic carbocycles. The van der Waals surface area contributed by atoms with E-state index in [2.05, 4.69) is 33.9 Å². The van der Waals surface area contributed by atoms with Crippen molar-refractivity contribution in [3.63, 3.8) is 0 Å². The molecular weight excluding hydrogens is 278 g/mol. The van der Waals surface area contributed by atoms with Crippen molar-refractivity contribution in [1.82, 2.24) is 4.98 Å². The van der Waals surface area contributed by atoms with Crippen LogP contribution in [0.4, 0.5) is 0 Å². The lowest BCUT2D eigenvalue weighted by atomic mass is 10.2. The summed E-state index contributed by atoms with van der Waals surface area (Å²) in [5, 5.41) is 0. The SMILES string of the molecule is Cc1cccnc1CCOc1ccc(Br)cc1. The lowest BCUT2D eigenvalue weighted by Crippen LogP contribution is -2.04. The maximum absolute atomic E-state index is 5.66. The Hall–Kier alpha value is -1.35. The highest BCUT2D eigenvalue weighted by Gasteiger charge is 1.99. The Bertz CT molecular complexity index is 482. The molecule has 2 aromatic rings. The summed E-state index contributed by atoms with van der Waals surface area (Å²) in [6.45, 7) is 2.72. The van der Waals surface area contributed by atoms with E-state index in [-0.39, 0.29) is 0 Å². The molecule has 0 spiro atoms. The van der Waals surface area contributed by atoms with Gasteiger partial charge in [0.05, 0.1) is 6.61 Å². The van der Waals surface area contributed by atoms with E-state index < -0.39 is 0 Å². The van der Waals surface area contributed by atoms with Crippen molar-refractivity contribution in [2.45, 2.75) is 13.3 Å². The molecule has 1 aromatic heterocycles. The van der Waals surface area contributed by atoms with E-state index in [0.717, 1.165) is 22.3 Å². The third-order valence-corrected chi connectivity index (χ3v) is 3.07. The molecule has 1 heterocycles. The highest BCUT2D eigenvalue weighted by molar-refractivity contribution is 9.10. The average molecular weight is 292 g/mol.